The molecule has 0 bridgehead atoms. The van der Waals surface area contributed by atoms with E-state index in [1.807, 2.05) is 30.0 Å². The van der Waals surface area contributed by atoms with E-state index < -0.39 is 0 Å². The maximum absolute atomic E-state index is 12.6. The van der Waals surface area contributed by atoms with Gasteiger partial charge in [0.2, 0.25) is 0 Å². The summed E-state index contributed by atoms with van der Waals surface area (Å²) in [5.41, 5.74) is 2.50. The van der Waals surface area contributed by atoms with Gasteiger partial charge in [-0.2, -0.15) is 0 Å². The third-order valence-electron chi connectivity index (χ3n) is 5.26. The Labute approximate surface area is 153 Å². The van der Waals surface area contributed by atoms with Gasteiger partial charge < -0.3 is 14.4 Å². The fourth-order valence-electron chi connectivity index (χ4n) is 3.77. The second-order valence-electron chi connectivity index (χ2n) is 7.18. The average molecular weight is 353 g/mol. The highest BCUT2D eigenvalue weighted by atomic mass is 16.5. The van der Waals surface area contributed by atoms with Crippen LogP contribution in [0, 0.1) is 12.8 Å². The smallest absolute Gasteiger partial charge is 0.255 e. The number of likely N-dealkylation sites (tertiary alicyclic amines) is 1. The molecular weight excluding hydrogens is 330 g/mol. The maximum atomic E-state index is 12.6. The predicted octanol–water partition coefficient (Wildman–Crippen LogP) is 2.23. The van der Waals surface area contributed by atoms with Crippen LogP contribution < -0.4 is 0 Å². The van der Waals surface area contributed by atoms with E-state index in [0.29, 0.717) is 37.8 Å². The van der Waals surface area contributed by atoms with E-state index in [0.717, 1.165) is 24.2 Å². The highest BCUT2D eigenvalue weighted by Crippen LogP contribution is 2.40. The van der Waals surface area contributed by atoms with Crippen LogP contribution in [-0.2, 0) is 16.1 Å². The van der Waals surface area contributed by atoms with Crippen molar-refractivity contribution in [2.45, 2.75) is 25.6 Å². The van der Waals surface area contributed by atoms with E-state index in [1.54, 1.807) is 24.8 Å². The molecule has 6 nitrogen and oxygen atoms in total. The number of hydrogen-bond donors (Lipinski definition) is 0. The van der Waals surface area contributed by atoms with Gasteiger partial charge in [-0.3, -0.25) is 14.8 Å². The Balaban J connectivity index is 1.32. The topological polar surface area (TPSA) is 64.6 Å². The summed E-state index contributed by atoms with van der Waals surface area (Å²) in [7, 11) is 0. The second-order valence-corrected chi connectivity index (χ2v) is 7.18. The molecule has 2 aromatic rings. The van der Waals surface area contributed by atoms with Crippen LogP contribution >= 0.6 is 0 Å². The molecule has 0 aromatic carbocycles. The van der Waals surface area contributed by atoms with Crippen molar-refractivity contribution in [2.75, 3.05) is 26.3 Å². The minimum atomic E-state index is -0.245. The molecule has 1 atom stereocenters. The lowest BCUT2D eigenvalue weighted by atomic mass is 9.81. The van der Waals surface area contributed by atoms with Gasteiger partial charge in [-0.1, -0.05) is 0 Å². The van der Waals surface area contributed by atoms with Crippen molar-refractivity contribution in [3.05, 3.63) is 59.7 Å². The number of pyridine rings is 2. The summed E-state index contributed by atoms with van der Waals surface area (Å²) in [4.78, 5) is 22.6. The van der Waals surface area contributed by atoms with Gasteiger partial charge in [-0.15, -0.1) is 0 Å². The summed E-state index contributed by atoms with van der Waals surface area (Å²) < 4.78 is 11.9. The fourth-order valence-corrected chi connectivity index (χ4v) is 3.77. The van der Waals surface area contributed by atoms with Gasteiger partial charge in [0.1, 0.15) is 5.60 Å². The minimum Gasteiger partial charge on any atom is -0.376 e. The van der Waals surface area contributed by atoms with E-state index in [1.165, 1.54) is 0 Å². The number of carbonyl (C=O) groups is 1. The molecule has 1 spiro atoms. The zero-order chi connectivity index (χ0) is 18.0. The number of hydrogen-bond acceptors (Lipinski definition) is 5. The molecule has 4 heterocycles. The largest absolute Gasteiger partial charge is 0.376 e. The van der Waals surface area contributed by atoms with Crippen molar-refractivity contribution >= 4 is 5.91 Å². The Morgan fingerprint density at radius 1 is 1.31 bits per heavy atom. The van der Waals surface area contributed by atoms with Gasteiger partial charge in [-0.05, 0) is 42.7 Å². The van der Waals surface area contributed by atoms with Crippen LogP contribution in [0.1, 0.15) is 27.9 Å². The van der Waals surface area contributed by atoms with E-state index in [4.69, 9.17) is 9.47 Å². The summed E-state index contributed by atoms with van der Waals surface area (Å²) in [6.07, 6.45) is 7.91. The summed E-state index contributed by atoms with van der Waals surface area (Å²) in [6.45, 7) is 5.16. The quantitative estimate of drug-likeness (QED) is 0.825. The normalized spacial score (nSPS) is 21.0. The van der Waals surface area contributed by atoms with E-state index in [9.17, 15) is 4.79 Å². The first-order valence-electron chi connectivity index (χ1n) is 8.98. The molecule has 0 N–H and O–H groups in total. The number of aryl methyl sites for hydroxylation is 1. The molecule has 0 aliphatic carbocycles. The number of ether oxygens (including phenoxy) is 2. The van der Waals surface area contributed by atoms with Crippen LogP contribution in [0.3, 0.4) is 0 Å². The third-order valence-corrected chi connectivity index (χ3v) is 5.26. The molecule has 6 heteroatoms. The van der Waals surface area contributed by atoms with Crippen LogP contribution in [0.15, 0.2) is 43.0 Å². The highest BCUT2D eigenvalue weighted by molar-refractivity contribution is 5.94. The number of aromatic nitrogens is 2. The maximum Gasteiger partial charge on any atom is 0.255 e. The first-order chi connectivity index (χ1) is 12.7. The SMILES string of the molecule is Cc1cncc(C(=O)N2CC3(C2)OCC[C@H]3COCc2ccncc2)c1. The van der Waals surface area contributed by atoms with E-state index >= 15 is 0 Å². The molecule has 0 unspecified atom stereocenters. The summed E-state index contributed by atoms with van der Waals surface area (Å²) >= 11 is 0. The Morgan fingerprint density at radius 2 is 2.12 bits per heavy atom. The Bertz CT molecular complexity index is 775. The Morgan fingerprint density at radius 3 is 2.88 bits per heavy atom. The molecule has 2 aliphatic heterocycles. The molecule has 2 aliphatic rings. The molecule has 0 saturated carbocycles. The van der Waals surface area contributed by atoms with Crippen molar-refractivity contribution in [2.24, 2.45) is 5.92 Å². The van der Waals surface area contributed by atoms with E-state index in [-0.39, 0.29) is 11.5 Å². The summed E-state index contributed by atoms with van der Waals surface area (Å²) in [5, 5.41) is 0. The first kappa shape index (κ1) is 17.1. The number of amides is 1. The molecule has 2 aromatic heterocycles. The number of nitrogens with zero attached hydrogens (tertiary/aromatic N) is 3. The fraction of sp³-hybridized carbons (Fsp3) is 0.450. The molecule has 0 radical (unpaired) electrons. The van der Waals surface area contributed by atoms with Crippen LogP contribution in [-0.4, -0.2) is 52.7 Å². The lowest BCUT2D eigenvalue weighted by molar-refractivity contribution is -0.129. The zero-order valence-corrected chi connectivity index (χ0v) is 14.9. The minimum absolute atomic E-state index is 0.0266. The summed E-state index contributed by atoms with van der Waals surface area (Å²) in [6, 6.07) is 5.80. The predicted molar refractivity (Wildman–Crippen MR) is 95.6 cm³/mol. The van der Waals surface area contributed by atoms with Crippen LogP contribution in [0.25, 0.3) is 0 Å². The molecule has 4 rings (SSSR count). The van der Waals surface area contributed by atoms with Gasteiger partial charge in [-0.25, -0.2) is 0 Å². The van der Waals surface area contributed by atoms with E-state index in [2.05, 4.69) is 9.97 Å². The van der Waals surface area contributed by atoms with Crippen LogP contribution in [0.5, 0.6) is 0 Å². The number of rotatable bonds is 5. The van der Waals surface area contributed by atoms with Crippen LogP contribution in [0.4, 0.5) is 0 Å². The monoisotopic (exact) mass is 353 g/mol. The third kappa shape index (κ3) is 3.34. The molecular formula is C20H23N3O3. The Kier molecular flexibility index (Phi) is 4.70. The lowest BCUT2D eigenvalue weighted by Crippen LogP contribution is -2.66. The summed E-state index contributed by atoms with van der Waals surface area (Å²) in [5.74, 6) is 0.350. The van der Waals surface area contributed by atoms with Gasteiger partial charge in [0.05, 0.1) is 31.9 Å². The molecule has 26 heavy (non-hydrogen) atoms. The van der Waals surface area contributed by atoms with Gasteiger partial charge >= 0.3 is 0 Å². The number of carbonyl (C=O) groups excluding carboxylic acids is 1. The average Bonchev–Trinajstić information content (AvgIpc) is 3.05. The first-order valence-corrected chi connectivity index (χ1v) is 8.98. The van der Waals surface area contributed by atoms with Crippen LogP contribution in [0.2, 0.25) is 0 Å². The molecule has 2 fully saturated rings. The zero-order valence-electron chi connectivity index (χ0n) is 14.9. The van der Waals surface area contributed by atoms with Crippen molar-refractivity contribution in [1.82, 2.24) is 14.9 Å². The van der Waals surface area contributed by atoms with Crippen molar-refractivity contribution in [1.29, 1.82) is 0 Å². The lowest BCUT2D eigenvalue weighted by Gasteiger charge is -2.50. The molecule has 1 amide bonds. The molecule has 136 valence electrons. The van der Waals surface area contributed by atoms with Gasteiger partial charge in [0, 0.05) is 37.3 Å². The Hall–Kier alpha value is -2.31. The second kappa shape index (κ2) is 7.13. The van der Waals surface area contributed by atoms with Gasteiger partial charge in [0.25, 0.3) is 5.91 Å². The van der Waals surface area contributed by atoms with Crippen molar-refractivity contribution in [3.8, 4) is 0 Å². The molecule has 2 saturated heterocycles. The highest BCUT2D eigenvalue weighted by Gasteiger charge is 2.54. The van der Waals surface area contributed by atoms with Crippen molar-refractivity contribution in [3.63, 3.8) is 0 Å². The van der Waals surface area contributed by atoms with Crippen molar-refractivity contribution < 1.29 is 14.3 Å². The van der Waals surface area contributed by atoms with Gasteiger partial charge in [0.15, 0.2) is 0 Å². The standard InChI is InChI=1S/C20H23N3O3/c1-15-8-17(10-22-9-15)19(24)23-13-20(14-23)18(4-7-26-20)12-25-11-16-2-5-21-6-3-16/h2-3,5-6,8-10,18H,4,7,11-14H2,1H3/t18-/m0/s1.